The van der Waals surface area contributed by atoms with Crippen molar-refractivity contribution in [1.29, 1.82) is 0 Å². The Morgan fingerprint density at radius 3 is 2.89 bits per heavy atom. The summed E-state index contributed by atoms with van der Waals surface area (Å²) in [6.45, 7) is 4.09. The lowest BCUT2D eigenvalue weighted by molar-refractivity contribution is -0.131. The monoisotopic (exact) mass is 266 g/mol. The van der Waals surface area contributed by atoms with Gasteiger partial charge in [-0.05, 0) is 18.6 Å². The Morgan fingerprint density at radius 2 is 2.26 bits per heavy atom. The zero-order chi connectivity index (χ0) is 14.3. The van der Waals surface area contributed by atoms with Gasteiger partial charge in [0.25, 0.3) is 0 Å². The molecular formula is C14H19FN2O2. The normalized spacial score (nSPS) is 11.7. The molecule has 0 fully saturated rings. The second-order valence-electron chi connectivity index (χ2n) is 4.17. The lowest BCUT2D eigenvalue weighted by atomic mass is 10.2. The molecular weight excluding hydrogens is 247 g/mol. The minimum Gasteiger partial charge on any atom is -0.489 e. The second-order valence-corrected chi connectivity index (χ2v) is 4.17. The summed E-state index contributed by atoms with van der Waals surface area (Å²) in [6.07, 6.45) is 2.03. The van der Waals surface area contributed by atoms with E-state index < -0.39 is 11.9 Å². The van der Waals surface area contributed by atoms with E-state index in [2.05, 4.69) is 6.58 Å². The van der Waals surface area contributed by atoms with Gasteiger partial charge >= 0.3 is 0 Å². The number of halogens is 1. The van der Waals surface area contributed by atoms with Crippen LogP contribution in [0.1, 0.15) is 6.42 Å². The van der Waals surface area contributed by atoms with E-state index in [1.807, 2.05) is 0 Å². The summed E-state index contributed by atoms with van der Waals surface area (Å²) in [5, 5.41) is 0. The first kappa shape index (κ1) is 15.2. The fraction of sp³-hybridized carbons (Fsp3) is 0.357. The maximum absolute atomic E-state index is 13.3. The molecule has 0 aliphatic heterocycles. The molecule has 0 saturated heterocycles. The third-order valence-corrected chi connectivity index (χ3v) is 2.63. The van der Waals surface area contributed by atoms with Crippen LogP contribution in [0.4, 0.5) is 4.39 Å². The molecule has 0 bridgehead atoms. The first-order chi connectivity index (χ1) is 9.06. The molecule has 1 aromatic carbocycles. The highest BCUT2D eigenvalue weighted by atomic mass is 19.1. The topological polar surface area (TPSA) is 55.6 Å². The highest BCUT2D eigenvalue weighted by Crippen LogP contribution is 2.14. The summed E-state index contributed by atoms with van der Waals surface area (Å²) in [6, 6.07) is 5.56. The molecule has 19 heavy (non-hydrogen) atoms. The van der Waals surface area contributed by atoms with Crippen molar-refractivity contribution in [2.24, 2.45) is 5.73 Å². The fourth-order valence-electron chi connectivity index (χ4n) is 1.53. The van der Waals surface area contributed by atoms with Gasteiger partial charge < -0.3 is 15.4 Å². The smallest absolute Gasteiger partial charge is 0.239 e. The van der Waals surface area contributed by atoms with Crippen LogP contribution in [0.2, 0.25) is 0 Å². The summed E-state index contributed by atoms with van der Waals surface area (Å²) in [5.74, 6) is -0.421. The number of likely N-dealkylation sites (N-methyl/N-ethyl adjacent to an activating group) is 1. The van der Waals surface area contributed by atoms with Crippen LogP contribution in [0.3, 0.4) is 0 Å². The van der Waals surface area contributed by atoms with Crippen molar-refractivity contribution in [3.05, 3.63) is 42.7 Å². The van der Waals surface area contributed by atoms with Crippen molar-refractivity contribution in [2.75, 3.05) is 20.2 Å². The zero-order valence-electron chi connectivity index (χ0n) is 11.0. The Hall–Kier alpha value is -1.88. The molecule has 4 nitrogen and oxygen atoms in total. The number of ether oxygens (including phenoxy) is 1. The Morgan fingerprint density at radius 1 is 1.58 bits per heavy atom. The van der Waals surface area contributed by atoms with Crippen molar-refractivity contribution in [2.45, 2.75) is 12.5 Å². The summed E-state index contributed by atoms with van der Waals surface area (Å²) < 4.78 is 18.5. The van der Waals surface area contributed by atoms with Crippen LogP contribution >= 0.6 is 0 Å². The first-order valence-electron chi connectivity index (χ1n) is 6.05. The predicted molar refractivity (Wildman–Crippen MR) is 72.3 cm³/mol. The zero-order valence-corrected chi connectivity index (χ0v) is 11.0. The van der Waals surface area contributed by atoms with Crippen LogP contribution in [0, 0.1) is 5.82 Å². The van der Waals surface area contributed by atoms with E-state index in [0.717, 1.165) is 0 Å². The molecule has 5 heteroatoms. The lowest BCUT2D eigenvalue weighted by Crippen LogP contribution is -2.42. The van der Waals surface area contributed by atoms with Gasteiger partial charge in [-0.25, -0.2) is 4.39 Å². The molecule has 1 unspecified atom stereocenters. The highest BCUT2D eigenvalue weighted by Gasteiger charge is 2.16. The van der Waals surface area contributed by atoms with E-state index >= 15 is 0 Å². The number of hydrogen-bond acceptors (Lipinski definition) is 3. The largest absolute Gasteiger partial charge is 0.489 e. The minimum atomic E-state index is -0.587. The van der Waals surface area contributed by atoms with Gasteiger partial charge in [0.1, 0.15) is 6.61 Å². The maximum atomic E-state index is 13.3. The van der Waals surface area contributed by atoms with Gasteiger partial charge in [-0.2, -0.15) is 0 Å². The van der Waals surface area contributed by atoms with Crippen LogP contribution in [-0.2, 0) is 4.79 Å². The highest BCUT2D eigenvalue weighted by molar-refractivity contribution is 5.81. The van der Waals surface area contributed by atoms with Crippen molar-refractivity contribution in [3.63, 3.8) is 0 Å². The number of carbonyl (C=O) groups is 1. The quantitative estimate of drug-likeness (QED) is 0.762. The minimum absolute atomic E-state index is 0.179. The Labute approximate surface area is 112 Å². The van der Waals surface area contributed by atoms with Crippen LogP contribution in [0.15, 0.2) is 36.9 Å². The van der Waals surface area contributed by atoms with Crippen LogP contribution in [-0.4, -0.2) is 37.0 Å². The molecule has 1 rings (SSSR count). The maximum Gasteiger partial charge on any atom is 0.239 e. The van der Waals surface area contributed by atoms with Crippen molar-refractivity contribution in [3.8, 4) is 5.75 Å². The fourth-order valence-corrected chi connectivity index (χ4v) is 1.53. The molecule has 0 aromatic heterocycles. The number of carbonyl (C=O) groups excluding carboxylic acids is 1. The van der Waals surface area contributed by atoms with Gasteiger partial charge in [-0.15, -0.1) is 6.58 Å². The third-order valence-electron chi connectivity index (χ3n) is 2.63. The molecule has 0 aliphatic carbocycles. The molecule has 1 amide bonds. The van der Waals surface area contributed by atoms with Gasteiger partial charge in [0.15, 0.2) is 11.6 Å². The number of benzene rings is 1. The standard InChI is InChI=1S/C14H19FN2O2/c1-3-6-12(16)14(18)17(2)9-10-19-13-8-5-4-7-11(13)15/h3-5,7-8,12H,1,6,9-10,16H2,2H3. The molecule has 104 valence electrons. The van der Waals surface area contributed by atoms with Crippen LogP contribution < -0.4 is 10.5 Å². The van der Waals surface area contributed by atoms with Gasteiger partial charge in [-0.1, -0.05) is 18.2 Å². The van der Waals surface area contributed by atoms with Gasteiger partial charge in [0, 0.05) is 7.05 Å². The molecule has 0 aliphatic rings. The van der Waals surface area contributed by atoms with E-state index in [-0.39, 0.29) is 18.3 Å². The SMILES string of the molecule is C=CCC(N)C(=O)N(C)CCOc1ccccc1F. The van der Waals surface area contributed by atoms with Crippen molar-refractivity contribution >= 4 is 5.91 Å². The number of nitrogens with two attached hydrogens (primary N) is 1. The number of amides is 1. The van der Waals surface area contributed by atoms with E-state index in [4.69, 9.17) is 10.5 Å². The molecule has 1 aromatic rings. The molecule has 0 saturated carbocycles. The first-order valence-corrected chi connectivity index (χ1v) is 6.05. The van der Waals surface area contributed by atoms with Gasteiger partial charge in [0.05, 0.1) is 12.6 Å². The Balaban J connectivity index is 2.38. The van der Waals surface area contributed by atoms with E-state index in [1.54, 1.807) is 31.3 Å². The average Bonchev–Trinajstić information content (AvgIpc) is 2.40. The summed E-state index contributed by atoms with van der Waals surface area (Å²) >= 11 is 0. The number of para-hydroxylation sites is 1. The second kappa shape index (κ2) is 7.53. The van der Waals surface area contributed by atoms with Crippen LogP contribution in [0.5, 0.6) is 5.75 Å². The molecule has 0 radical (unpaired) electrons. The summed E-state index contributed by atoms with van der Waals surface area (Å²) in [4.78, 5) is 13.2. The Bertz CT molecular complexity index is 437. The Kier molecular flexibility index (Phi) is 6.02. The van der Waals surface area contributed by atoms with Crippen molar-refractivity contribution in [1.82, 2.24) is 4.90 Å². The third kappa shape index (κ3) is 4.71. The average molecular weight is 266 g/mol. The van der Waals surface area contributed by atoms with Crippen LogP contribution in [0.25, 0.3) is 0 Å². The molecule has 0 spiro atoms. The summed E-state index contributed by atoms with van der Waals surface area (Å²) in [7, 11) is 1.63. The number of hydrogen-bond donors (Lipinski definition) is 1. The van der Waals surface area contributed by atoms with E-state index in [0.29, 0.717) is 13.0 Å². The molecule has 2 N–H and O–H groups in total. The molecule has 0 heterocycles. The molecule has 1 atom stereocenters. The van der Waals surface area contributed by atoms with Crippen molar-refractivity contribution < 1.29 is 13.9 Å². The number of nitrogens with zero attached hydrogens (tertiary/aromatic N) is 1. The summed E-state index contributed by atoms with van der Waals surface area (Å²) in [5.41, 5.74) is 5.67. The predicted octanol–water partition coefficient (Wildman–Crippen LogP) is 1.57. The van der Waals surface area contributed by atoms with E-state index in [1.165, 1.54) is 11.0 Å². The van der Waals surface area contributed by atoms with E-state index in [9.17, 15) is 9.18 Å². The lowest BCUT2D eigenvalue weighted by Gasteiger charge is -2.20. The number of rotatable bonds is 7. The van der Waals surface area contributed by atoms with Gasteiger partial charge in [0.2, 0.25) is 5.91 Å². The van der Waals surface area contributed by atoms with Gasteiger partial charge in [-0.3, -0.25) is 4.79 Å².